The lowest BCUT2D eigenvalue weighted by Crippen LogP contribution is -2.44. The topological polar surface area (TPSA) is 126 Å². The summed E-state index contributed by atoms with van der Waals surface area (Å²) >= 11 is 0. The smallest absolute Gasteiger partial charge is 0.338 e. The average molecular weight is 563 g/mol. The molecule has 0 fully saturated rings. The van der Waals surface area contributed by atoms with E-state index in [1.54, 1.807) is 30.3 Å². The number of azide groups is 1. The van der Waals surface area contributed by atoms with Gasteiger partial charge in [0.15, 0.2) is 6.10 Å². The third-order valence-electron chi connectivity index (χ3n) is 7.10. The summed E-state index contributed by atoms with van der Waals surface area (Å²) in [7, 11) is 1.32. The van der Waals surface area contributed by atoms with Crippen LogP contribution in [0.25, 0.3) is 21.6 Å². The van der Waals surface area contributed by atoms with Crippen molar-refractivity contribution in [2.75, 3.05) is 20.3 Å². The van der Waals surface area contributed by atoms with Crippen LogP contribution in [0, 0.1) is 0 Å². The van der Waals surface area contributed by atoms with Crippen molar-refractivity contribution in [3.8, 4) is 16.9 Å². The maximum absolute atomic E-state index is 13.7. The third kappa shape index (κ3) is 5.98. The molecule has 9 heteroatoms. The minimum atomic E-state index is -1.50. The lowest BCUT2D eigenvalue weighted by atomic mass is 9.82. The molecule has 0 bridgehead atoms. The van der Waals surface area contributed by atoms with Gasteiger partial charge in [-0.2, -0.15) is 0 Å². The number of benzene rings is 4. The second kappa shape index (κ2) is 13.0. The Morgan fingerprint density at radius 3 is 2.31 bits per heavy atom. The second-order valence-electron chi connectivity index (χ2n) is 9.76. The van der Waals surface area contributed by atoms with Gasteiger partial charge in [0.2, 0.25) is 11.4 Å². The van der Waals surface area contributed by atoms with Crippen molar-refractivity contribution in [1.82, 2.24) is 0 Å². The first-order valence-electron chi connectivity index (χ1n) is 13.6. The molecule has 5 rings (SSSR count). The molecule has 1 aliphatic heterocycles. The largest absolute Gasteiger partial charge is 0.494 e. The maximum Gasteiger partial charge on any atom is 0.338 e. The highest BCUT2D eigenvalue weighted by atomic mass is 16.5. The molecule has 2 atom stereocenters. The number of aliphatic hydroxyl groups excluding tert-OH is 1. The zero-order chi connectivity index (χ0) is 29.4. The van der Waals surface area contributed by atoms with Crippen molar-refractivity contribution in [1.29, 1.82) is 0 Å². The number of carbonyl (C=O) groups excluding carboxylic acids is 1. The van der Waals surface area contributed by atoms with E-state index in [2.05, 4.69) is 10.0 Å². The van der Waals surface area contributed by atoms with Gasteiger partial charge in [0.05, 0.1) is 13.7 Å². The monoisotopic (exact) mass is 562 g/mol. The molecule has 9 nitrogen and oxygen atoms in total. The number of aliphatic hydroxyl groups is 1. The van der Waals surface area contributed by atoms with Crippen molar-refractivity contribution >= 4 is 17.6 Å². The fourth-order valence-corrected chi connectivity index (χ4v) is 5.01. The number of ether oxygens (including phenoxy) is 3. The Balaban J connectivity index is 1.57. The molecule has 1 aliphatic rings. The quantitative estimate of drug-likeness (QED) is 0.0713. The van der Waals surface area contributed by atoms with Crippen LogP contribution in [0.3, 0.4) is 0 Å². The number of esters is 1. The summed E-state index contributed by atoms with van der Waals surface area (Å²) in [6, 6.07) is 32.1. The molecular weight excluding hydrogens is 532 g/mol. The van der Waals surface area contributed by atoms with Crippen LogP contribution in [-0.4, -0.2) is 42.8 Å². The molecule has 4 aromatic carbocycles. The van der Waals surface area contributed by atoms with Crippen molar-refractivity contribution in [3.05, 3.63) is 130 Å². The van der Waals surface area contributed by atoms with E-state index in [9.17, 15) is 4.79 Å². The van der Waals surface area contributed by atoms with Gasteiger partial charge in [-0.05, 0) is 52.1 Å². The van der Waals surface area contributed by atoms with E-state index in [-0.39, 0.29) is 18.9 Å². The molecule has 0 radical (unpaired) electrons. The molecule has 0 aliphatic carbocycles. The van der Waals surface area contributed by atoms with Gasteiger partial charge in [-0.3, -0.25) is 0 Å². The molecule has 1 N–H and O–H groups in total. The molecule has 1 heterocycles. The van der Waals surface area contributed by atoms with Gasteiger partial charge in [-0.1, -0.05) is 84.0 Å². The molecule has 42 heavy (non-hydrogen) atoms. The van der Waals surface area contributed by atoms with Crippen LogP contribution < -0.4 is 4.74 Å². The fourth-order valence-electron chi connectivity index (χ4n) is 5.01. The molecule has 0 unspecified atom stereocenters. The van der Waals surface area contributed by atoms with Gasteiger partial charge in [0, 0.05) is 35.6 Å². The van der Waals surface area contributed by atoms with Crippen LogP contribution in [0.2, 0.25) is 0 Å². The van der Waals surface area contributed by atoms with Crippen LogP contribution >= 0.6 is 0 Å². The Morgan fingerprint density at radius 2 is 1.62 bits per heavy atom. The molecule has 0 amide bonds. The van der Waals surface area contributed by atoms with Crippen molar-refractivity contribution in [2.24, 2.45) is 10.1 Å². The summed E-state index contributed by atoms with van der Waals surface area (Å²) in [6.45, 7) is 0.444. The van der Waals surface area contributed by atoms with Crippen LogP contribution in [0.5, 0.6) is 5.75 Å². The van der Waals surface area contributed by atoms with E-state index < -0.39 is 17.6 Å². The molecule has 0 spiro atoms. The Kier molecular flexibility index (Phi) is 8.82. The minimum Gasteiger partial charge on any atom is -0.494 e. The van der Waals surface area contributed by atoms with Gasteiger partial charge in [0.25, 0.3) is 0 Å². The first-order chi connectivity index (χ1) is 20.6. The Morgan fingerprint density at radius 1 is 0.952 bits per heavy atom. The summed E-state index contributed by atoms with van der Waals surface area (Å²) in [5.74, 6) is 0.344. The number of hydrogen-bond acceptors (Lipinski definition) is 7. The first-order valence-corrected chi connectivity index (χ1v) is 13.6. The van der Waals surface area contributed by atoms with E-state index in [0.717, 1.165) is 16.7 Å². The molecule has 0 saturated heterocycles. The van der Waals surface area contributed by atoms with Gasteiger partial charge in [0.1, 0.15) is 5.75 Å². The molecular formula is C33H30N4O5. The number of nitrogens with zero attached hydrogens (tertiary/aromatic N) is 4. The van der Waals surface area contributed by atoms with Gasteiger partial charge < -0.3 is 19.3 Å². The van der Waals surface area contributed by atoms with Crippen LogP contribution in [0.15, 0.2) is 113 Å². The maximum atomic E-state index is 13.7. The lowest BCUT2D eigenvalue weighted by molar-refractivity contribution is -0.149. The number of methoxy groups -OCH3 is 1. The number of rotatable bonds is 11. The normalized spacial score (nSPS) is 17.5. The minimum absolute atomic E-state index is 0.0505. The van der Waals surface area contributed by atoms with Gasteiger partial charge in [-0.25, -0.2) is 9.79 Å². The fraction of sp³-hybridized carbons (Fsp3) is 0.212. The highest BCUT2D eigenvalue weighted by Gasteiger charge is 2.54. The Bertz CT molecular complexity index is 1600. The number of hydrogen-bond donors (Lipinski definition) is 1. The van der Waals surface area contributed by atoms with Crippen LogP contribution in [0.1, 0.15) is 29.2 Å². The van der Waals surface area contributed by atoms with E-state index in [4.69, 9.17) is 29.8 Å². The average Bonchev–Trinajstić information content (AvgIpc) is 3.43. The number of carbonyl (C=O) groups is 1. The van der Waals surface area contributed by atoms with Crippen molar-refractivity contribution < 1.29 is 24.1 Å². The third-order valence-corrected chi connectivity index (χ3v) is 7.10. The zero-order valence-electron chi connectivity index (χ0n) is 23.1. The van der Waals surface area contributed by atoms with Gasteiger partial charge in [-0.15, -0.1) is 0 Å². The highest BCUT2D eigenvalue weighted by Crippen LogP contribution is 2.44. The Hall–Kier alpha value is -5.11. The predicted molar refractivity (Wildman–Crippen MR) is 160 cm³/mol. The summed E-state index contributed by atoms with van der Waals surface area (Å²) in [5, 5.41) is 12.9. The zero-order valence-corrected chi connectivity index (χ0v) is 23.1. The van der Waals surface area contributed by atoms with E-state index in [1.807, 2.05) is 72.8 Å². The highest BCUT2D eigenvalue weighted by molar-refractivity contribution is 6.00. The molecule has 0 saturated carbocycles. The summed E-state index contributed by atoms with van der Waals surface area (Å²) < 4.78 is 17.5. The predicted octanol–water partition coefficient (Wildman–Crippen LogP) is 6.73. The summed E-state index contributed by atoms with van der Waals surface area (Å²) in [4.78, 5) is 21.6. The lowest BCUT2D eigenvalue weighted by Gasteiger charge is -2.29. The summed E-state index contributed by atoms with van der Waals surface area (Å²) in [5.41, 5.74) is 12.2. The second-order valence-corrected chi connectivity index (χ2v) is 9.76. The first kappa shape index (κ1) is 28.4. The molecule has 0 aromatic heterocycles. The van der Waals surface area contributed by atoms with E-state index in [1.165, 1.54) is 7.11 Å². The SMILES string of the molecule is COC(=O)[C@]1(Cc2ccccc2N=[N+]=[N-])N=C(c2ccc(OCCCO)cc2)O[C@@H]1c1ccc(-c2ccccc2)cc1. The van der Waals surface area contributed by atoms with Crippen molar-refractivity contribution in [2.45, 2.75) is 24.5 Å². The van der Waals surface area contributed by atoms with Crippen LogP contribution in [0.4, 0.5) is 5.69 Å². The van der Waals surface area contributed by atoms with Gasteiger partial charge >= 0.3 is 5.97 Å². The van der Waals surface area contributed by atoms with Crippen molar-refractivity contribution in [3.63, 3.8) is 0 Å². The number of aliphatic imine (C=N–C) groups is 1. The summed E-state index contributed by atoms with van der Waals surface area (Å²) in [6.07, 6.45) is -0.225. The molecule has 212 valence electrons. The van der Waals surface area contributed by atoms with E-state index in [0.29, 0.717) is 35.6 Å². The Labute approximate surface area is 243 Å². The molecule has 4 aromatic rings. The van der Waals surface area contributed by atoms with Crippen LogP contribution in [-0.2, 0) is 20.7 Å². The van der Waals surface area contributed by atoms with E-state index >= 15 is 0 Å². The standard InChI is InChI=1S/C33H30N4O5/c1-40-32(39)33(22-27-10-5-6-11-29(27)36-37-34)30(25-14-12-24(13-15-25)23-8-3-2-4-9-23)42-31(35-33)26-16-18-28(19-17-26)41-21-7-20-38/h2-6,8-19,30,38H,7,20-22H2,1H3/t30-,33-/m1/s1.